The van der Waals surface area contributed by atoms with E-state index in [2.05, 4.69) is 5.10 Å². The van der Waals surface area contributed by atoms with Gasteiger partial charge in [-0.25, -0.2) is 4.68 Å². The van der Waals surface area contributed by atoms with Gasteiger partial charge in [-0.05, 0) is 29.8 Å². The van der Waals surface area contributed by atoms with Crippen molar-refractivity contribution in [1.82, 2.24) is 9.78 Å². The molecular formula is C16H11Cl3N2. The lowest BCUT2D eigenvalue weighted by atomic mass is 10.1. The van der Waals surface area contributed by atoms with Crippen LogP contribution < -0.4 is 0 Å². The molecule has 0 aliphatic carbocycles. The quantitative estimate of drug-likeness (QED) is 0.576. The van der Waals surface area contributed by atoms with Gasteiger partial charge in [-0.1, -0.05) is 47.5 Å². The Kier molecular flexibility index (Phi) is 4.20. The van der Waals surface area contributed by atoms with E-state index >= 15 is 0 Å². The van der Waals surface area contributed by atoms with Gasteiger partial charge in [-0.3, -0.25) is 0 Å². The van der Waals surface area contributed by atoms with Crippen LogP contribution in [0.5, 0.6) is 0 Å². The summed E-state index contributed by atoms with van der Waals surface area (Å²) in [6.07, 6.45) is 3.67. The minimum atomic E-state index is -0.322. The number of rotatable bonds is 3. The molecule has 1 aromatic heterocycles. The fraction of sp³-hybridized carbons (Fsp3) is 0.0625. The van der Waals surface area contributed by atoms with Gasteiger partial charge in [0.1, 0.15) is 0 Å². The molecule has 3 aromatic rings. The molecule has 3 rings (SSSR count). The topological polar surface area (TPSA) is 17.8 Å². The van der Waals surface area contributed by atoms with Crippen molar-refractivity contribution < 1.29 is 0 Å². The highest BCUT2D eigenvalue weighted by atomic mass is 35.5. The Morgan fingerprint density at radius 1 is 0.905 bits per heavy atom. The van der Waals surface area contributed by atoms with Gasteiger partial charge in [0, 0.05) is 11.8 Å². The van der Waals surface area contributed by atoms with E-state index in [1.54, 1.807) is 23.0 Å². The number of aromatic nitrogens is 2. The lowest BCUT2D eigenvalue weighted by Gasteiger charge is -2.08. The van der Waals surface area contributed by atoms with Gasteiger partial charge < -0.3 is 0 Å². The van der Waals surface area contributed by atoms with E-state index in [0.29, 0.717) is 10.0 Å². The Bertz CT molecular complexity index is 753. The summed E-state index contributed by atoms with van der Waals surface area (Å²) in [5.74, 6) is 0. The van der Waals surface area contributed by atoms with Gasteiger partial charge in [-0.15, -0.1) is 11.6 Å². The molecule has 0 aliphatic rings. The van der Waals surface area contributed by atoms with Crippen LogP contribution in [0.25, 0.3) is 5.69 Å². The number of hydrogen-bond acceptors (Lipinski definition) is 1. The maximum Gasteiger partial charge on any atom is 0.0866 e. The third kappa shape index (κ3) is 3.08. The normalized spacial score (nSPS) is 12.3. The number of halogens is 3. The molecule has 1 atom stereocenters. The van der Waals surface area contributed by atoms with Crippen molar-refractivity contribution in [3.63, 3.8) is 0 Å². The first kappa shape index (κ1) is 14.5. The van der Waals surface area contributed by atoms with Gasteiger partial charge in [0.2, 0.25) is 0 Å². The molecule has 0 N–H and O–H groups in total. The van der Waals surface area contributed by atoms with E-state index in [0.717, 1.165) is 16.8 Å². The van der Waals surface area contributed by atoms with Crippen molar-refractivity contribution in [2.45, 2.75) is 5.38 Å². The maximum atomic E-state index is 6.50. The number of alkyl halides is 1. The highest BCUT2D eigenvalue weighted by Crippen LogP contribution is 2.32. The molecule has 0 bridgehead atoms. The summed E-state index contributed by atoms with van der Waals surface area (Å²) in [4.78, 5) is 0. The molecule has 2 aromatic carbocycles. The summed E-state index contributed by atoms with van der Waals surface area (Å²) in [5, 5.41) is 5.04. The predicted octanol–water partition coefficient (Wildman–Crippen LogP) is 5.51. The van der Waals surface area contributed by atoms with Crippen molar-refractivity contribution in [3.05, 3.63) is 82.1 Å². The summed E-state index contributed by atoms with van der Waals surface area (Å²) < 4.78 is 1.79. The zero-order valence-electron chi connectivity index (χ0n) is 10.9. The van der Waals surface area contributed by atoms with Crippen LogP contribution in [0.2, 0.25) is 10.0 Å². The van der Waals surface area contributed by atoms with Gasteiger partial charge in [0.15, 0.2) is 0 Å². The minimum absolute atomic E-state index is 0.322. The predicted molar refractivity (Wildman–Crippen MR) is 87.7 cm³/mol. The molecule has 2 nitrogen and oxygen atoms in total. The molecule has 106 valence electrons. The van der Waals surface area contributed by atoms with Gasteiger partial charge in [0.05, 0.1) is 27.3 Å². The van der Waals surface area contributed by atoms with Crippen molar-refractivity contribution in [2.24, 2.45) is 0 Å². The van der Waals surface area contributed by atoms with Gasteiger partial charge in [0.25, 0.3) is 0 Å². The Morgan fingerprint density at radius 2 is 1.67 bits per heavy atom. The van der Waals surface area contributed by atoms with Crippen LogP contribution in [-0.2, 0) is 0 Å². The Balaban J connectivity index is 1.90. The number of para-hydroxylation sites is 1. The van der Waals surface area contributed by atoms with Crippen LogP contribution in [-0.4, -0.2) is 9.78 Å². The molecule has 21 heavy (non-hydrogen) atoms. The molecule has 0 fully saturated rings. The molecule has 0 spiro atoms. The fourth-order valence-electron chi connectivity index (χ4n) is 2.05. The van der Waals surface area contributed by atoms with E-state index in [4.69, 9.17) is 34.8 Å². The zero-order valence-corrected chi connectivity index (χ0v) is 13.1. The Morgan fingerprint density at radius 3 is 2.38 bits per heavy atom. The largest absolute Gasteiger partial charge is 0.241 e. The molecule has 0 saturated carbocycles. The second-order valence-corrected chi connectivity index (χ2v) is 5.84. The van der Waals surface area contributed by atoms with E-state index < -0.39 is 0 Å². The molecular weight excluding hydrogens is 327 g/mol. The molecule has 1 unspecified atom stereocenters. The zero-order chi connectivity index (χ0) is 14.8. The summed E-state index contributed by atoms with van der Waals surface area (Å²) in [6.45, 7) is 0. The van der Waals surface area contributed by atoms with Crippen LogP contribution in [0.3, 0.4) is 0 Å². The number of benzene rings is 2. The number of hydrogen-bond donors (Lipinski definition) is 0. The lowest BCUT2D eigenvalue weighted by molar-refractivity contribution is 0.880. The van der Waals surface area contributed by atoms with Crippen molar-refractivity contribution in [1.29, 1.82) is 0 Å². The van der Waals surface area contributed by atoms with E-state index in [9.17, 15) is 0 Å². The highest BCUT2D eigenvalue weighted by molar-refractivity contribution is 6.42. The molecule has 1 heterocycles. The Labute approximate surface area is 137 Å². The monoisotopic (exact) mass is 336 g/mol. The third-order valence-corrected chi connectivity index (χ3v) is 4.40. The second-order valence-electron chi connectivity index (χ2n) is 4.59. The SMILES string of the molecule is Clc1ccc(C(Cl)c2cnn(-c3ccccc3)c2)cc1Cl. The highest BCUT2D eigenvalue weighted by Gasteiger charge is 2.14. The first-order valence-electron chi connectivity index (χ1n) is 6.34. The first-order chi connectivity index (χ1) is 10.1. The van der Waals surface area contributed by atoms with Gasteiger partial charge >= 0.3 is 0 Å². The molecule has 5 heteroatoms. The van der Waals surface area contributed by atoms with Crippen LogP contribution in [0, 0.1) is 0 Å². The molecule has 0 saturated heterocycles. The second kappa shape index (κ2) is 6.10. The van der Waals surface area contributed by atoms with Crippen molar-refractivity contribution in [3.8, 4) is 5.69 Å². The maximum absolute atomic E-state index is 6.50. The molecule has 0 radical (unpaired) electrons. The average Bonchev–Trinajstić information content (AvgIpc) is 3.00. The third-order valence-electron chi connectivity index (χ3n) is 3.15. The van der Waals surface area contributed by atoms with Crippen LogP contribution in [0.4, 0.5) is 0 Å². The smallest absolute Gasteiger partial charge is 0.0866 e. The summed E-state index contributed by atoms with van der Waals surface area (Å²) in [7, 11) is 0. The van der Waals surface area contributed by atoms with Crippen LogP contribution >= 0.6 is 34.8 Å². The standard InChI is InChI=1S/C16H11Cl3N2/c17-14-7-6-11(8-15(14)18)16(19)12-9-20-21(10-12)13-4-2-1-3-5-13/h1-10,16H. The molecule has 0 aliphatic heterocycles. The Hall–Kier alpha value is -1.48. The minimum Gasteiger partial charge on any atom is -0.241 e. The van der Waals surface area contributed by atoms with Crippen molar-refractivity contribution >= 4 is 34.8 Å². The van der Waals surface area contributed by atoms with E-state index in [1.165, 1.54) is 0 Å². The van der Waals surface area contributed by atoms with Crippen molar-refractivity contribution in [2.75, 3.05) is 0 Å². The summed E-state index contributed by atoms with van der Waals surface area (Å²) >= 11 is 18.5. The van der Waals surface area contributed by atoms with Crippen LogP contribution in [0.15, 0.2) is 60.9 Å². The first-order valence-corrected chi connectivity index (χ1v) is 7.53. The summed E-state index contributed by atoms with van der Waals surface area (Å²) in [6, 6.07) is 15.3. The number of nitrogens with zero attached hydrogens (tertiary/aromatic N) is 2. The average molecular weight is 338 g/mol. The van der Waals surface area contributed by atoms with Crippen LogP contribution in [0.1, 0.15) is 16.5 Å². The summed E-state index contributed by atoms with van der Waals surface area (Å²) in [5.41, 5.74) is 2.78. The van der Waals surface area contributed by atoms with Gasteiger partial charge in [-0.2, -0.15) is 5.10 Å². The van der Waals surface area contributed by atoms with E-state index in [1.807, 2.05) is 42.6 Å². The molecule has 0 amide bonds. The lowest BCUT2D eigenvalue weighted by Crippen LogP contribution is -1.94. The fourth-order valence-corrected chi connectivity index (χ4v) is 2.61. The van der Waals surface area contributed by atoms with E-state index in [-0.39, 0.29) is 5.38 Å².